The Labute approximate surface area is 165 Å². The number of nitrogens with two attached hydrogens (primary N) is 1. The summed E-state index contributed by atoms with van der Waals surface area (Å²) in [5.74, 6) is -2.52. The summed E-state index contributed by atoms with van der Waals surface area (Å²) < 4.78 is 0. The Morgan fingerprint density at radius 1 is 1.04 bits per heavy atom. The van der Waals surface area contributed by atoms with E-state index in [9.17, 15) is 24.6 Å². The maximum atomic E-state index is 12.8. The number of carboxylic acids is 1. The van der Waals surface area contributed by atoms with Crippen molar-refractivity contribution in [2.24, 2.45) is 17.6 Å². The van der Waals surface area contributed by atoms with E-state index in [1.165, 1.54) is 12.1 Å². The molecule has 8 heteroatoms. The van der Waals surface area contributed by atoms with E-state index in [-0.39, 0.29) is 24.0 Å². The molecule has 4 atom stereocenters. The lowest BCUT2D eigenvalue weighted by molar-refractivity contribution is -0.143. The van der Waals surface area contributed by atoms with Crippen molar-refractivity contribution in [1.29, 1.82) is 0 Å². The normalized spacial score (nSPS) is 15.4. The summed E-state index contributed by atoms with van der Waals surface area (Å²) in [6, 6.07) is 3.38. The molecule has 1 aromatic carbocycles. The first kappa shape index (κ1) is 23.4. The molecule has 156 valence electrons. The van der Waals surface area contributed by atoms with E-state index in [2.05, 4.69) is 10.6 Å². The molecule has 0 saturated carbocycles. The van der Waals surface area contributed by atoms with Crippen LogP contribution in [0.1, 0.15) is 39.7 Å². The number of carbonyl (C=O) groups is 3. The molecule has 0 aliphatic heterocycles. The van der Waals surface area contributed by atoms with Crippen molar-refractivity contribution in [2.45, 2.75) is 58.7 Å². The second kappa shape index (κ2) is 10.7. The number of hydrogen-bond donors (Lipinski definition) is 5. The van der Waals surface area contributed by atoms with Crippen LogP contribution in [0.5, 0.6) is 5.75 Å². The van der Waals surface area contributed by atoms with E-state index >= 15 is 0 Å². The number of amides is 2. The maximum absolute atomic E-state index is 12.8. The highest BCUT2D eigenvalue weighted by Gasteiger charge is 2.30. The molecule has 0 bridgehead atoms. The van der Waals surface area contributed by atoms with Crippen LogP contribution in [0.3, 0.4) is 0 Å². The summed E-state index contributed by atoms with van der Waals surface area (Å²) in [6.07, 6.45) is 0.841. The number of carboxylic acid groups (broad SMARTS) is 1. The second-order valence-electron chi connectivity index (χ2n) is 7.41. The zero-order chi connectivity index (χ0) is 21.4. The summed E-state index contributed by atoms with van der Waals surface area (Å²) in [5.41, 5.74) is 6.66. The molecule has 0 aliphatic carbocycles. The van der Waals surface area contributed by atoms with Crippen LogP contribution in [-0.4, -0.2) is 46.1 Å². The molecular formula is C20H31N3O5. The molecule has 0 radical (unpaired) electrons. The first-order chi connectivity index (χ1) is 13.1. The molecule has 1 aromatic rings. The monoisotopic (exact) mass is 393 g/mol. The number of nitrogens with one attached hydrogen (secondary N) is 2. The third kappa shape index (κ3) is 6.84. The van der Waals surface area contributed by atoms with Gasteiger partial charge < -0.3 is 26.6 Å². The highest BCUT2D eigenvalue weighted by atomic mass is 16.4. The topological polar surface area (TPSA) is 142 Å². The predicted molar refractivity (Wildman–Crippen MR) is 106 cm³/mol. The minimum Gasteiger partial charge on any atom is -0.508 e. The molecule has 0 unspecified atom stereocenters. The van der Waals surface area contributed by atoms with Gasteiger partial charge in [0.15, 0.2) is 0 Å². The number of rotatable bonds is 10. The van der Waals surface area contributed by atoms with E-state index in [1.807, 2.05) is 13.8 Å². The summed E-state index contributed by atoms with van der Waals surface area (Å²) in [6.45, 7) is 7.13. The minimum atomic E-state index is -1.14. The van der Waals surface area contributed by atoms with E-state index in [0.717, 1.165) is 0 Å². The molecule has 0 aromatic heterocycles. The van der Waals surface area contributed by atoms with Crippen molar-refractivity contribution < 1.29 is 24.6 Å². The van der Waals surface area contributed by atoms with Crippen LogP contribution in [0, 0.1) is 11.8 Å². The first-order valence-corrected chi connectivity index (χ1v) is 9.43. The maximum Gasteiger partial charge on any atom is 0.326 e. The van der Waals surface area contributed by atoms with Crippen LogP contribution in [-0.2, 0) is 20.8 Å². The van der Waals surface area contributed by atoms with Crippen molar-refractivity contribution in [1.82, 2.24) is 10.6 Å². The van der Waals surface area contributed by atoms with E-state index in [1.54, 1.807) is 26.0 Å². The average Bonchev–Trinajstić information content (AvgIpc) is 2.64. The molecule has 0 aliphatic rings. The zero-order valence-electron chi connectivity index (χ0n) is 16.8. The Morgan fingerprint density at radius 3 is 2.07 bits per heavy atom. The lowest BCUT2D eigenvalue weighted by atomic mass is 9.98. The van der Waals surface area contributed by atoms with Gasteiger partial charge in [0.05, 0.1) is 6.04 Å². The highest BCUT2D eigenvalue weighted by molar-refractivity contribution is 5.92. The minimum absolute atomic E-state index is 0.0696. The number of phenols is 1. The average molecular weight is 393 g/mol. The molecule has 28 heavy (non-hydrogen) atoms. The third-order valence-electron chi connectivity index (χ3n) is 4.80. The van der Waals surface area contributed by atoms with Gasteiger partial charge in [0.25, 0.3) is 0 Å². The van der Waals surface area contributed by atoms with Gasteiger partial charge in [-0.25, -0.2) is 4.79 Å². The predicted octanol–water partition coefficient (Wildman–Crippen LogP) is 1.02. The molecule has 0 fully saturated rings. The summed E-state index contributed by atoms with van der Waals surface area (Å²) >= 11 is 0. The Kier molecular flexibility index (Phi) is 8.91. The van der Waals surface area contributed by atoms with Gasteiger partial charge in [-0.05, 0) is 29.5 Å². The van der Waals surface area contributed by atoms with Gasteiger partial charge in [0.1, 0.15) is 17.8 Å². The summed E-state index contributed by atoms with van der Waals surface area (Å²) in [7, 11) is 0. The Morgan fingerprint density at radius 2 is 1.61 bits per heavy atom. The quantitative estimate of drug-likeness (QED) is 0.402. The smallest absolute Gasteiger partial charge is 0.326 e. The summed E-state index contributed by atoms with van der Waals surface area (Å²) in [4.78, 5) is 36.6. The highest BCUT2D eigenvalue weighted by Crippen LogP contribution is 2.13. The fourth-order valence-electron chi connectivity index (χ4n) is 2.62. The van der Waals surface area contributed by atoms with Crippen molar-refractivity contribution in [3.05, 3.63) is 29.8 Å². The number of phenolic OH excluding ortho intramolecular Hbond substituents is 1. The van der Waals surface area contributed by atoms with Crippen molar-refractivity contribution >= 4 is 17.8 Å². The van der Waals surface area contributed by atoms with Crippen molar-refractivity contribution in [2.75, 3.05) is 0 Å². The van der Waals surface area contributed by atoms with Crippen LogP contribution in [0.25, 0.3) is 0 Å². The number of aliphatic carboxylic acids is 1. The third-order valence-corrected chi connectivity index (χ3v) is 4.80. The van der Waals surface area contributed by atoms with E-state index in [4.69, 9.17) is 5.73 Å². The number of aromatic hydroxyl groups is 1. The molecule has 8 nitrogen and oxygen atoms in total. The molecular weight excluding hydrogens is 362 g/mol. The van der Waals surface area contributed by atoms with Crippen molar-refractivity contribution in [3.8, 4) is 5.75 Å². The van der Waals surface area contributed by atoms with Crippen LogP contribution in [0.15, 0.2) is 24.3 Å². The molecule has 1 rings (SSSR count). The van der Waals surface area contributed by atoms with Crippen molar-refractivity contribution in [3.63, 3.8) is 0 Å². The van der Waals surface area contributed by atoms with E-state index < -0.39 is 35.9 Å². The van der Waals surface area contributed by atoms with Gasteiger partial charge in [-0.1, -0.05) is 46.2 Å². The second-order valence-corrected chi connectivity index (χ2v) is 7.41. The number of carbonyl (C=O) groups excluding carboxylic acids is 2. The van der Waals surface area contributed by atoms with Crippen LogP contribution in [0.4, 0.5) is 0 Å². The Balaban J connectivity index is 3.01. The van der Waals surface area contributed by atoms with Gasteiger partial charge in [-0.15, -0.1) is 0 Å². The zero-order valence-corrected chi connectivity index (χ0v) is 16.8. The fraction of sp³-hybridized carbons (Fsp3) is 0.550. The SMILES string of the molecule is CC[C@H](C)[C@H](N)C(=O)N[C@@H](Cc1ccc(O)cc1)C(=O)N[C@H](C(=O)O)C(C)C. The number of benzene rings is 1. The lowest BCUT2D eigenvalue weighted by Crippen LogP contribution is -2.56. The molecule has 6 N–H and O–H groups in total. The van der Waals surface area contributed by atoms with Gasteiger partial charge in [0, 0.05) is 6.42 Å². The number of hydrogen-bond acceptors (Lipinski definition) is 5. The van der Waals surface area contributed by atoms with Crippen LogP contribution in [0.2, 0.25) is 0 Å². The van der Waals surface area contributed by atoms with Gasteiger partial charge in [0.2, 0.25) is 11.8 Å². The standard InChI is InChI=1S/C20H31N3O5/c1-5-12(4)16(21)19(26)22-15(10-13-6-8-14(24)9-7-13)18(25)23-17(11(2)3)20(27)28/h6-9,11-12,15-17,24H,5,10,21H2,1-4H3,(H,22,26)(H,23,25)(H,27,28)/t12-,15-,16-,17-/m0/s1. The van der Waals surface area contributed by atoms with Crippen LogP contribution < -0.4 is 16.4 Å². The van der Waals surface area contributed by atoms with Gasteiger partial charge >= 0.3 is 5.97 Å². The first-order valence-electron chi connectivity index (χ1n) is 9.43. The van der Waals surface area contributed by atoms with Gasteiger partial charge in [-0.3, -0.25) is 9.59 Å². The largest absolute Gasteiger partial charge is 0.508 e. The molecule has 0 heterocycles. The Bertz CT molecular complexity index is 675. The molecule has 0 saturated heterocycles. The Hall–Kier alpha value is -2.61. The van der Waals surface area contributed by atoms with Gasteiger partial charge in [-0.2, -0.15) is 0 Å². The molecule has 2 amide bonds. The fourth-order valence-corrected chi connectivity index (χ4v) is 2.62. The lowest BCUT2D eigenvalue weighted by Gasteiger charge is -2.25. The van der Waals surface area contributed by atoms with E-state index in [0.29, 0.717) is 12.0 Å². The summed E-state index contributed by atoms with van der Waals surface area (Å²) in [5, 5.41) is 23.9. The van der Waals surface area contributed by atoms with Crippen LogP contribution >= 0.6 is 0 Å². The molecule has 0 spiro atoms.